The molecule has 1 N–H and O–H groups in total. The molecule has 5 rings (SSSR count). The average Bonchev–Trinajstić information content (AvgIpc) is 3.56. The number of pyridine rings is 1. The van der Waals surface area contributed by atoms with Gasteiger partial charge in [-0.3, -0.25) is 14.6 Å². The summed E-state index contributed by atoms with van der Waals surface area (Å²) in [6.45, 7) is 1.93. The van der Waals surface area contributed by atoms with Crippen LogP contribution in [0.5, 0.6) is 0 Å². The second kappa shape index (κ2) is 8.08. The topological polar surface area (TPSA) is 71.5 Å². The van der Waals surface area contributed by atoms with E-state index in [9.17, 15) is 9.59 Å². The zero-order valence-corrected chi connectivity index (χ0v) is 17.8. The summed E-state index contributed by atoms with van der Waals surface area (Å²) in [5.41, 5.74) is 1.11. The van der Waals surface area contributed by atoms with Crippen molar-refractivity contribution in [2.24, 2.45) is 0 Å². The highest BCUT2D eigenvalue weighted by atomic mass is 16.5. The highest BCUT2D eigenvalue weighted by molar-refractivity contribution is 5.92. The van der Waals surface area contributed by atoms with Crippen molar-refractivity contribution < 1.29 is 14.3 Å². The first kappa shape index (κ1) is 20.2. The number of nitrogens with one attached hydrogen (secondary N) is 1. The number of hydrogen-bond donors (Lipinski definition) is 1. The maximum absolute atomic E-state index is 12.9. The normalized spacial score (nSPS) is 23.5. The van der Waals surface area contributed by atoms with Gasteiger partial charge in [-0.1, -0.05) is 36.4 Å². The zero-order valence-electron chi connectivity index (χ0n) is 17.8. The lowest BCUT2D eigenvalue weighted by molar-refractivity contribution is -0.125. The standard InChI is InChI=1S/C25H29N3O3/c29-22(21-8-4-5-15-26-21)28-16-13-24(14-17-28)10-9-20(31-24)18-27-23(30)25(11-12-25)19-6-2-1-3-7-19/h1-8,15,20H,9-14,16-18H2,(H,27,30). The summed E-state index contributed by atoms with van der Waals surface area (Å²) in [5, 5.41) is 3.16. The van der Waals surface area contributed by atoms with Crippen molar-refractivity contribution in [3.8, 4) is 0 Å². The first-order valence-corrected chi connectivity index (χ1v) is 11.3. The molecule has 3 heterocycles. The van der Waals surface area contributed by atoms with Gasteiger partial charge in [0.05, 0.1) is 17.1 Å². The minimum atomic E-state index is -0.339. The number of carbonyl (C=O) groups is 2. The number of hydrogen-bond acceptors (Lipinski definition) is 4. The van der Waals surface area contributed by atoms with Crippen molar-refractivity contribution in [1.29, 1.82) is 0 Å². The van der Waals surface area contributed by atoms with Crippen molar-refractivity contribution in [2.75, 3.05) is 19.6 Å². The van der Waals surface area contributed by atoms with E-state index in [2.05, 4.69) is 10.3 Å². The predicted octanol–water partition coefficient (Wildman–Crippen LogP) is 3.08. The Morgan fingerprint density at radius 3 is 2.42 bits per heavy atom. The van der Waals surface area contributed by atoms with E-state index >= 15 is 0 Å². The number of rotatable bonds is 5. The van der Waals surface area contributed by atoms with Crippen LogP contribution >= 0.6 is 0 Å². The first-order valence-electron chi connectivity index (χ1n) is 11.3. The molecule has 3 fully saturated rings. The first-order chi connectivity index (χ1) is 15.1. The number of amides is 2. The molecule has 162 valence electrons. The lowest BCUT2D eigenvalue weighted by atomic mass is 9.88. The molecule has 0 bridgehead atoms. The van der Waals surface area contributed by atoms with Gasteiger partial charge in [0, 0.05) is 25.8 Å². The molecule has 6 nitrogen and oxygen atoms in total. The largest absolute Gasteiger partial charge is 0.370 e. The van der Waals surface area contributed by atoms with Crippen LogP contribution in [0, 0.1) is 0 Å². The minimum Gasteiger partial charge on any atom is -0.370 e. The van der Waals surface area contributed by atoms with E-state index in [1.807, 2.05) is 47.4 Å². The monoisotopic (exact) mass is 419 g/mol. The van der Waals surface area contributed by atoms with Crippen LogP contribution < -0.4 is 5.32 Å². The van der Waals surface area contributed by atoms with Crippen molar-refractivity contribution >= 4 is 11.8 Å². The molecule has 31 heavy (non-hydrogen) atoms. The molecule has 2 aromatic rings. The van der Waals surface area contributed by atoms with Gasteiger partial charge in [0.2, 0.25) is 5.91 Å². The summed E-state index contributed by atoms with van der Waals surface area (Å²) in [6, 6.07) is 15.5. The fourth-order valence-electron chi connectivity index (χ4n) is 5.08. The Labute approximate surface area is 183 Å². The van der Waals surface area contributed by atoms with Crippen LogP contribution in [-0.4, -0.2) is 53.0 Å². The smallest absolute Gasteiger partial charge is 0.272 e. The second-order valence-corrected chi connectivity index (χ2v) is 9.13. The molecular weight excluding hydrogens is 390 g/mol. The van der Waals surface area contributed by atoms with E-state index in [1.165, 1.54) is 0 Å². The minimum absolute atomic E-state index is 0.00657. The zero-order chi connectivity index (χ0) is 21.3. The number of nitrogens with zero attached hydrogens (tertiary/aromatic N) is 2. The van der Waals surface area contributed by atoms with Crippen molar-refractivity contribution in [3.63, 3.8) is 0 Å². The Kier molecular flexibility index (Phi) is 5.26. The molecule has 1 aromatic carbocycles. The molecule has 1 unspecified atom stereocenters. The third-order valence-corrected chi connectivity index (χ3v) is 7.19. The van der Waals surface area contributed by atoms with Gasteiger partial charge >= 0.3 is 0 Å². The molecule has 1 saturated carbocycles. The van der Waals surface area contributed by atoms with Gasteiger partial charge in [0.15, 0.2) is 0 Å². The fourth-order valence-corrected chi connectivity index (χ4v) is 5.08. The van der Waals surface area contributed by atoms with Crippen LogP contribution in [0.3, 0.4) is 0 Å². The molecular formula is C25H29N3O3. The number of piperidine rings is 1. The Bertz CT molecular complexity index is 935. The third-order valence-electron chi connectivity index (χ3n) is 7.19. The van der Waals surface area contributed by atoms with Crippen LogP contribution in [0.4, 0.5) is 0 Å². The summed E-state index contributed by atoms with van der Waals surface area (Å²) in [7, 11) is 0. The van der Waals surface area contributed by atoms with Gasteiger partial charge in [-0.05, 0) is 56.2 Å². The molecule has 2 saturated heterocycles. The van der Waals surface area contributed by atoms with Crippen molar-refractivity contribution in [2.45, 2.75) is 55.6 Å². The van der Waals surface area contributed by atoms with Crippen LogP contribution in [0.1, 0.15) is 54.6 Å². The summed E-state index contributed by atoms with van der Waals surface area (Å²) in [5.74, 6) is 0.118. The number of likely N-dealkylation sites (tertiary alicyclic amines) is 1. The predicted molar refractivity (Wildman–Crippen MR) is 117 cm³/mol. The van der Waals surface area contributed by atoms with Gasteiger partial charge in [-0.25, -0.2) is 0 Å². The maximum Gasteiger partial charge on any atom is 0.272 e. The van der Waals surface area contributed by atoms with Crippen LogP contribution in [0.2, 0.25) is 0 Å². The number of benzene rings is 1. The van der Waals surface area contributed by atoms with Crippen molar-refractivity contribution in [1.82, 2.24) is 15.2 Å². The molecule has 1 aliphatic carbocycles. The van der Waals surface area contributed by atoms with Gasteiger partial charge in [0.1, 0.15) is 5.69 Å². The van der Waals surface area contributed by atoms with Gasteiger partial charge in [-0.15, -0.1) is 0 Å². The van der Waals surface area contributed by atoms with Crippen LogP contribution in [0.15, 0.2) is 54.7 Å². The molecule has 2 aliphatic heterocycles. The second-order valence-electron chi connectivity index (χ2n) is 9.13. The summed E-state index contributed by atoms with van der Waals surface area (Å²) >= 11 is 0. The third kappa shape index (κ3) is 3.97. The SMILES string of the molecule is O=C(c1ccccn1)N1CCC2(CCC(CNC(=O)C3(c4ccccc4)CC3)O2)CC1. The lowest BCUT2D eigenvalue weighted by Crippen LogP contribution is -2.47. The summed E-state index contributed by atoms with van der Waals surface area (Å²) in [4.78, 5) is 31.6. The summed E-state index contributed by atoms with van der Waals surface area (Å²) < 4.78 is 6.44. The summed E-state index contributed by atoms with van der Waals surface area (Å²) in [6.07, 6.45) is 7.15. The Balaban J connectivity index is 1.12. The number of aromatic nitrogens is 1. The number of ether oxygens (including phenoxy) is 1. The number of carbonyl (C=O) groups excluding carboxylic acids is 2. The Morgan fingerprint density at radius 1 is 1.00 bits per heavy atom. The van der Waals surface area contributed by atoms with Gasteiger partial charge in [-0.2, -0.15) is 0 Å². The van der Waals surface area contributed by atoms with E-state index in [4.69, 9.17) is 4.74 Å². The Hall–Kier alpha value is -2.73. The lowest BCUT2D eigenvalue weighted by Gasteiger charge is -2.39. The fraction of sp³-hybridized carbons (Fsp3) is 0.480. The van der Waals surface area contributed by atoms with Crippen LogP contribution in [0.25, 0.3) is 0 Å². The molecule has 0 radical (unpaired) electrons. The van der Waals surface area contributed by atoms with Gasteiger partial charge < -0.3 is 15.0 Å². The molecule has 1 atom stereocenters. The molecule has 6 heteroatoms. The van der Waals surface area contributed by atoms with E-state index in [0.29, 0.717) is 25.3 Å². The molecule has 2 amide bonds. The van der Waals surface area contributed by atoms with E-state index < -0.39 is 0 Å². The molecule has 3 aliphatic rings. The quantitative estimate of drug-likeness (QED) is 0.809. The van der Waals surface area contributed by atoms with Gasteiger partial charge in [0.25, 0.3) is 5.91 Å². The highest BCUT2D eigenvalue weighted by Gasteiger charge is 2.51. The van der Waals surface area contributed by atoms with E-state index in [1.54, 1.807) is 12.3 Å². The Morgan fingerprint density at radius 2 is 1.74 bits per heavy atom. The van der Waals surface area contributed by atoms with Crippen LogP contribution in [-0.2, 0) is 14.9 Å². The van der Waals surface area contributed by atoms with E-state index in [-0.39, 0.29) is 28.9 Å². The van der Waals surface area contributed by atoms with Crippen molar-refractivity contribution in [3.05, 3.63) is 66.0 Å². The molecule has 1 aromatic heterocycles. The maximum atomic E-state index is 12.9. The highest BCUT2D eigenvalue weighted by Crippen LogP contribution is 2.48. The van der Waals surface area contributed by atoms with E-state index in [0.717, 1.165) is 44.1 Å². The average molecular weight is 420 g/mol. The molecule has 1 spiro atoms.